The van der Waals surface area contributed by atoms with Crippen LogP contribution in [0.25, 0.3) is 10.6 Å². The van der Waals surface area contributed by atoms with E-state index in [9.17, 15) is 8.42 Å². The molecule has 0 atom stereocenters. The largest absolute Gasteiger partial charge is 0.282 e. The summed E-state index contributed by atoms with van der Waals surface area (Å²) >= 11 is 1.48. The third-order valence-corrected chi connectivity index (χ3v) is 6.40. The van der Waals surface area contributed by atoms with Crippen molar-refractivity contribution in [3.63, 3.8) is 0 Å². The number of nitrogens with zero attached hydrogens (tertiary/aromatic N) is 2. The topological polar surface area (TPSA) is 52.0 Å². The highest BCUT2D eigenvalue weighted by Crippen LogP contribution is 2.27. The van der Waals surface area contributed by atoms with E-state index >= 15 is 0 Å². The fraction of sp³-hybridized carbons (Fsp3) is 0. The van der Waals surface area contributed by atoms with Crippen LogP contribution in [0.15, 0.2) is 90.0 Å². The van der Waals surface area contributed by atoms with Crippen LogP contribution >= 0.6 is 11.3 Å². The number of aromatic nitrogens is 2. The van der Waals surface area contributed by atoms with E-state index in [-0.39, 0.29) is 4.90 Å². The van der Waals surface area contributed by atoms with Gasteiger partial charge in [-0.3, -0.25) is 0 Å². The van der Waals surface area contributed by atoms with Crippen LogP contribution in [0.4, 0.5) is 0 Å². The van der Waals surface area contributed by atoms with Gasteiger partial charge < -0.3 is 0 Å². The van der Waals surface area contributed by atoms with E-state index in [2.05, 4.69) is 16.9 Å². The zero-order chi connectivity index (χ0) is 18.7. The van der Waals surface area contributed by atoms with Crippen LogP contribution in [0, 0.1) is 11.8 Å². The van der Waals surface area contributed by atoms with E-state index in [0.717, 1.165) is 19.4 Å². The maximum absolute atomic E-state index is 12.6. The lowest BCUT2D eigenvalue weighted by Crippen LogP contribution is -2.13. The van der Waals surface area contributed by atoms with E-state index in [0.29, 0.717) is 5.69 Å². The van der Waals surface area contributed by atoms with E-state index < -0.39 is 10.0 Å². The van der Waals surface area contributed by atoms with Gasteiger partial charge in [-0.1, -0.05) is 48.2 Å². The van der Waals surface area contributed by atoms with Gasteiger partial charge in [0.05, 0.1) is 14.6 Å². The van der Waals surface area contributed by atoms with Crippen molar-refractivity contribution in [2.24, 2.45) is 0 Å². The second-order valence-corrected chi connectivity index (χ2v) is 8.55. The van der Waals surface area contributed by atoms with Crippen LogP contribution in [0.1, 0.15) is 10.4 Å². The Labute approximate surface area is 161 Å². The van der Waals surface area contributed by atoms with Gasteiger partial charge in [-0.05, 0) is 42.5 Å². The predicted molar refractivity (Wildman–Crippen MR) is 107 cm³/mol. The first kappa shape index (κ1) is 17.3. The highest BCUT2D eigenvalue weighted by atomic mass is 32.2. The molecule has 4 rings (SSSR count). The molecule has 0 saturated carbocycles. The number of rotatable bonds is 3. The molecule has 27 heavy (non-hydrogen) atoms. The number of hydrogen-bond donors (Lipinski definition) is 0. The molecule has 0 radical (unpaired) electrons. The summed E-state index contributed by atoms with van der Waals surface area (Å²) in [7, 11) is -3.68. The van der Waals surface area contributed by atoms with Gasteiger partial charge in [0.15, 0.2) is 0 Å². The molecule has 0 spiro atoms. The second-order valence-electron chi connectivity index (χ2n) is 5.67. The fourth-order valence-electron chi connectivity index (χ4n) is 2.47. The SMILES string of the molecule is O=S(=O)(c1ccccc1)n1ccc(-c2ccc(C#Cc3ccccc3)s2)n1. The number of benzene rings is 2. The normalized spacial score (nSPS) is 11.0. The quantitative estimate of drug-likeness (QED) is 0.492. The van der Waals surface area contributed by atoms with Crippen LogP contribution in [-0.4, -0.2) is 17.6 Å². The molecule has 0 amide bonds. The summed E-state index contributed by atoms with van der Waals surface area (Å²) in [6.45, 7) is 0. The first-order chi connectivity index (χ1) is 13.1. The molecule has 0 unspecified atom stereocenters. The predicted octanol–water partition coefficient (Wildman–Crippen LogP) is 4.25. The van der Waals surface area contributed by atoms with Crippen LogP contribution in [0.2, 0.25) is 0 Å². The van der Waals surface area contributed by atoms with Gasteiger partial charge in [0.2, 0.25) is 0 Å². The molecule has 4 aromatic rings. The summed E-state index contributed by atoms with van der Waals surface area (Å²) in [4.78, 5) is 1.98. The second kappa shape index (κ2) is 7.23. The summed E-state index contributed by atoms with van der Waals surface area (Å²) in [6.07, 6.45) is 1.46. The van der Waals surface area contributed by atoms with E-state index in [4.69, 9.17) is 0 Å². The Morgan fingerprint density at radius 2 is 1.52 bits per heavy atom. The highest BCUT2D eigenvalue weighted by molar-refractivity contribution is 7.89. The minimum atomic E-state index is -3.68. The minimum Gasteiger partial charge on any atom is -0.199 e. The standard InChI is InChI=1S/C21H14N2O2S2/c24-27(25,19-9-5-2-6-10-19)23-16-15-20(22-23)21-14-13-18(26-21)12-11-17-7-3-1-4-8-17/h1-10,13-16H. The van der Waals surface area contributed by atoms with Gasteiger partial charge in [-0.2, -0.15) is 17.6 Å². The van der Waals surface area contributed by atoms with Crippen LogP contribution in [0.3, 0.4) is 0 Å². The molecule has 0 aliphatic carbocycles. The molecule has 0 saturated heterocycles. The molecule has 2 heterocycles. The molecular weight excluding hydrogens is 376 g/mol. The molecule has 6 heteroatoms. The maximum atomic E-state index is 12.6. The first-order valence-electron chi connectivity index (χ1n) is 8.16. The van der Waals surface area contributed by atoms with Gasteiger partial charge in [0.25, 0.3) is 10.0 Å². The molecule has 0 N–H and O–H groups in total. The molecule has 0 fully saturated rings. The third-order valence-electron chi connectivity index (χ3n) is 3.82. The third kappa shape index (κ3) is 3.70. The molecule has 0 bridgehead atoms. The molecule has 132 valence electrons. The van der Waals surface area contributed by atoms with Gasteiger partial charge in [-0.15, -0.1) is 11.3 Å². The number of hydrogen-bond acceptors (Lipinski definition) is 4. The Kier molecular flexibility index (Phi) is 4.63. The Balaban J connectivity index is 1.60. The van der Waals surface area contributed by atoms with Crippen molar-refractivity contribution in [2.75, 3.05) is 0 Å². The van der Waals surface area contributed by atoms with Crippen molar-refractivity contribution in [3.8, 4) is 22.4 Å². The van der Waals surface area contributed by atoms with Crippen LogP contribution in [-0.2, 0) is 10.0 Å². The summed E-state index contributed by atoms with van der Waals surface area (Å²) in [5, 5.41) is 4.25. The Bertz CT molecular complexity index is 1230. The van der Waals surface area contributed by atoms with E-state index in [1.165, 1.54) is 17.5 Å². The van der Waals surface area contributed by atoms with Crippen molar-refractivity contribution in [1.29, 1.82) is 0 Å². The summed E-state index contributed by atoms with van der Waals surface area (Å²) < 4.78 is 26.3. The molecule has 2 aromatic heterocycles. The summed E-state index contributed by atoms with van der Waals surface area (Å²) in [6, 6.07) is 23.5. The summed E-state index contributed by atoms with van der Waals surface area (Å²) in [5.41, 5.74) is 1.55. The first-order valence-corrected chi connectivity index (χ1v) is 10.4. The molecular formula is C21H14N2O2S2. The summed E-state index contributed by atoms with van der Waals surface area (Å²) in [5.74, 6) is 6.25. The van der Waals surface area contributed by atoms with Crippen molar-refractivity contribution < 1.29 is 8.42 Å². The zero-order valence-electron chi connectivity index (χ0n) is 14.1. The Morgan fingerprint density at radius 1 is 0.815 bits per heavy atom. The van der Waals surface area contributed by atoms with Gasteiger partial charge in [0, 0.05) is 11.8 Å². The lowest BCUT2D eigenvalue weighted by molar-refractivity contribution is 0.580. The lowest BCUT2D eigenvalue weighted by atomic mass is 10.2. The minimum absolute atomic E-state index is 0.209. The lowest BCUT2D eigenvalue weighted by Gasteiger charge is -2.03. The molecule has 4 nitrogen and oxygen atoms in total. The molecule has 0 aliphatic heterocycles. The highest BCUT2D eigenvalue weighted by Gasteiger charge is 2.18. The van der Waals surface area contributed by atoms with Crippen LogP contribution < -0.4 is 0 Å². The number of thiophene rings is 1. The van der Waals surface area contributed by atoms with Crippen molar-refractivity contribution in [3.05, 3.63) is 95.5 Å². The maximum Gasteiger partial charge on any atom is 0.282 e. The average Bonchev–Trinajstić information content (AvgIpc) is 3.38. The van der Waals surface area contributed by atoms with Crippen LogP contribution in [0.5, 0.6) is 0 Å². The average molecular weight is 390 g/mol. The smallest absolute Gasteiger partial charge is 0.199 e. The van der Waals surface area contributed by atoms with Crippen molar-refractivity contribution in [1.82, 2.24) is 9.19 Å². The van der Waals surface area contributed by atoms with Gasteiger partial charge in [-0.25, -0.2) is 0 Å². The molecule has 0 aliphatic rings. The zero-order valence-corrected chi connectivity index (χ0v) is 15.7. The van der Waals surface area contributed by atoms with E-state index in [1.807, 2.05) is 42.5 Å². The molecule has 2 aromatic carbocycles. The van der Waals surface area contributed by atoms with Gasteiger partial charge in [0.1, 0.15) is 5.69 Å². The monoisotopic (exact) mass is 390 g/mol. The van der Waals surface area contributed by atoms with Gasteiger partial charge >= 0.3 is 0 Å². The Morgan fingerprint density at radius 3 is 2.26 bits per heavy atom. The van der Waals surface area contributed by atoms with E-state index in [1.54, 1.807) is 36.4 Å². The van der Waals surface area contributed by atoms with Crippen molar-refractivity contribution in [2.45, 2.75) is 4.90 Å². The fourth-order valence-corrected chi connectivity index (χ4v) is 4.43. The van der Waals surface area contributed by atoms with Crippen molar-refractivity contribution >= 4 is 21.4 Å². The Hall–Kier alpha value is -3.14.